The van der Waals surface area contributed by atoms with Crippen LogP contribution in [0.2, 0.25) is 0 Å². The molecule has 0 aliphatic rings. The number of nitrogens with one attached hydrogen (secondary N) is 3. The lowest BCUT2D eigenvalue weighted by atomic mass is 10.2. The van der Waals surface area contributed by atoms with Crippen molar-refractivity contribution in [1.82, 2.24) is 20.5 Å². The van der Waals surface area contributed by atoms with E-state index in [9.17, 15) is 17.6 Å². The summed E-state index contributed by atoms with van der Waals surface area (Å²) in [5.41, 5.74) is 5.89. The number of hydrogen-bond acceptors (Lipinski definition) is 4. The van der Waals surface area contributed by atoms with Crippen LogP contribution in [0.4, 0.5) is 4.39 Å². The first kappa shape index (κ1) is 20.7. The zero-order chi connectivity index (χ0) is 20.0. The number of carbonyl (C=O) groups excluding carboxylic acids is 1. The van der Waals surface area contributed by atoms with E-state index in [1.165, 1.54) is 50.5 Å². The summed E-state index contributed by atoms with van der Waals surface area (Å²) in [7, 11) is -0.815. The summed E-state index contributed by atoms with van der Waals surface area (Å²) in [6.07, 6.45) is 0. The number of amides is 1. The van der Waals surface area contributed by atoms with Gasteiger partial charge in [-0.25, -0.2) is 17.1 Å². The molecule has 3 N–H and O–H groups in total. The van der Waals surface area contributed by atoms with E-state index in [1.54, 1.807) is 12.1 Å². The fourth-order valence-electron chi connectivity index (χ4n) is 2.02. The van der Waals surface area contributed by atoms with Crippen molar-refractivity contribution in [2.24, 2.45) is 0 Å². The van der Waals surface area contributed by atoms with Crippen LogP contribution in [0.3, 0.4) is 0 Å². The first-order valence-electron chi connectivity index (χ1n) is 7.81. The molecule has 0 fully saturated rings. The lowest BCUT2D eigenvalue weighted by molar-refractivity contribution is 0.0943. The number of thiocarbonyl (C=S) groups is 1. The smallest absolute Gasteiger partial charge is 0.269 e. The minimum absolute atomic E-state index is 0.0113. The highest BCUT2D eigenvalue weighted by atomic mass is 32.2. The Balaban J connectivity index is 1.91. The van der Waals surface area contributed by atoms with Crippen LogP contribution in [-0.2, 0) is 16.6 Å². The maximum atomic E-state index is 12.9. The molecule has 2 aromatic rings. The summed E-state index contributed by atoms with van der Waals surface area (Å²) in [5, 5.41) is 3.01. The maximum absolute atomic E-state index is 12.9. The molecule has 0 aliphatic carbocycles. The Kier molecular flexibility index (Phi) is 6.83. The summed E-state index contributed by atoms with van der Waals surface area (Å²) >= 11 is 5.05. The second-order valence-electron chi connectivity index (χ2n) is 5.70. The Morgan fingerprint density at radius 2 is 1.78 bits per heavy atom. The van der Waals surface area contributed by atoms with E-state index in [0.29, 0.717) is 6.54 Å². The van der Waals surface area contributed by atoms with E-state index in [2.05, 4.69) is 16.2 Å². The molecular formula is C17H19FN4O3S2. The van der Waals surface area contributed by atoms with Gasteiger partial charge in [-0.3, -0.25) is 15.6 Å². The number of hydrazine groups is 1. The number of sulfonamides is 1. The van der Waals surface area contributed by atoms with Crippen molar-refractivity contribution in [3.8, 4) is 0 Å². The van der Waals surface area contributed by atoms with Gasteiger partial charge in [0.15, 0.2) is 5.11 Å². The molecule has 0 heterocycles. The Morgan fingerprint density at radius 3 is 2.41 bits per heavy atom. The van der Waals surface area contributed by atoms with Crippen LogP contribution >= 0.6 is 12.2 Å². The molecule has 2 rings (SSSR count). The SMILES string of the molecule is CN(C)S(=O)(=O)c1cccc(C(=O)NNC(=S)NCc2ccc(F)cc2)c1. The summed E-state index contributed by atoms with van der Waals surface area (Å²) in [6, 6.07) is 11.6. The highest BCUT2D eigenvalue weighted by Crippen LogP contribution is 2.14. The molecule has 10 heteroatoms. The van der Waals surface area contributed by atoms with Gasteiger partial charge < -0.3 is 5.32 Å². The third kappa shape index (κ3) is 5.71. The highest BCUT2D eigenvalue weighted by Gasteiger charge is 2.18. The third-order valence-corrected chi connectivity index (χ3v) is 5.59. The van der Waals surface area contributed by atoms with E-state index in [0.717, 1.165) is 9.87 Å². The summed E-state index contributed by atoms with van der Waals surface area (Å²) < 4.78 is 38.2. The average Bonchev–Trinajstić information content (AvgIpc) is 2.65. The fourth-order valence-corrected chi connectivity index (χ4v) is 3.09. The molecule has 144 valence electrons. The molecule has 0 saturated carbocycles. The Bertz CT molecular complexity index is 931. The van der Waals surface area contributed by atoms with Gasteiger partial charge in [-0.1, -0.05) is 18.2 Å². The van der Waals surface area contributed by atoms with Crippen molar-refractivity contribution in [2.75, 3.05) is 14.1 Å². The molecule has 0 aromatic heterocycles. The summed E-state index contributed by atoms with van der Waals surface area (Å²) in [6.45, 7) is 0.346. The predicted octanol–water partition coefficient (Wildman–Crippen LogP) is 1.39. The van der Waals surface area contributed by atoms with Crippen LogP contribution in [0.1, 0.15) is 15.9 Å². The molecule has 1 amide bonds. The van der Waals surface area contributed by atoms with Gasteiger partial charge in [0.05, 0.1) is 4.90 Å². The van der Waals surface area contributed by atoms with E-state index < -0.39 is 15.9 Å². The fraction of sp³-hybridized carbons (Fsp3) is 0.176. The lowest BCUT2D eigenvalue weighted by Gasteiger charge is -2.13. The van der Waals surface area contributed by atoms with E-state index in [1.807, 2.05) is 0 Å². The Labute approximate surface area is 162 Å². The molecular weight excluding hydrogens is 391 g/mol. The van der Waals surface area contributed by atoms with Crippen molar-refractivity contribution >= 4 is 33.3 Å². The predicted molar refractivity (Wildman–Crippen MR) is 104 cm³/mol. The largest absolute Gasteiger partial charge is 0.357 e. The van der Waals surface area contributed by atoms with Crippen molar-refractivity contribution in [2.45, 2.75) is 11.4 Å². The second-order valence-corrected chi connectivity index (χ2v) is 8.26. The van der Waals surface area contributed by atoms with Gasteiger partial charge in [0, 0.05) is 26.2 Å². The molecule has 7 nitrogen and oxygen atoms in total. The standard InChI is InChI=1S/C17H19FN4O3S2/c1-22(2)27(24,25)15-5-3-4-13(10-15)16(23)20-21-17(26)19-11-12-6-8-14(18)9-7-12/h3-10H,11H2,1-2H3,(H,20,23)(H2,19,21,26). The van der Waals surface area contributed by atoms with Gasteiger partial charge in [0.1, 0.15) is 5.82 Å². The van der Waals surface area contributed by atoms with Gasteiger partial charge in [-0.2, -0.15) is 0 Å². The molecule has 0 unspecified atom stereocenters. The minimum atomic E-state index is -3.64. The van der Waals surface area contributed by atoms with Gasteiger partial charge in [-0.05, 0) is 48.1 Å². The number of nitrogens with zero attached hydrogens (tertiary/aromatic N) is 1. The van der Waals surface area contributed by atoms with Crippen molar-refractivity contribution in [3.05, 3.63) is 65.5 Å². The molecule has 0 saturated heterocycles. The molecule has 0 bridgehead atoms. The highest BCUT2D eigenvalue weighted by molar-refractivity contribution is 7.89. The Morgan fingerprint density at radius 1 is 1.11 bits per heavy atom. The van der Waals surface area contributed by atoms with Crippen LogP contribution in [0.15, 0.2) is 53.4 Å². The molecule has 27 heavy (non-hydrogen) atoms. The van der Waals surface area contributed by atoms with Crippen molar-refractivity contribution < 1.29 is 17.6 Å². The van der Waals surface area contributed by atoms with Gasteiger partial charge in [-0.15, -0.1) is 0 Å². The monoisotopic (exact) mass is 410 g/mol. The first-order chi connectivity index (χ1) is 12.7. The zero-order valence-electron chi connectivity index (χ0n) is 14.7. The van der Waals surface area contributed by atoms with Crippen LogP contribution in [0.25, 0.3) is 0 Å². The van der Waals surface area contributed by atoms with E-state index in [-0.39, 0.29) is 21.4 Å². The summed E-state index contributed by atoms with van der Waals surface area (Å²) in [5.74, 6) is -0.873. The van der Waals surface area contributed by atoms with Gasteiger partial charge in [0.2, 0.25) is 10.0 Å². The average molecular weight is 410 g/mol. The number of benzene rings is 2. The normalized spacial score (nSPS) is 11.1. The van der Waals surface area contributed by atoms with Crippen molar-refractivity contribution in [3.63, 3.8) is 0 Å². The molecule has 0 spiro atoms. The quantitative estimate of drug-likeness (QED) is 0.510. The number of hydrogen-bond donors (Lipinski definition) is 3. The zero-order valence-corrected chi connectivity index (χ0v) is 16.3. The number of carbonyl (C=O) groups is 1. The minimum Gasteiger partial charge on any atom is -0.357 e. The van der Waals surface area contributed by atoms with Gasteiger partial charge in [0.25, 0.3) is 5.91 Å². The third-order valence-electron chi connectivity index (χ3n) is 3.53. The molecule has 0 aliphatic heterocycles. The topological polar surface area (TPSA) is 90.5 Å². The summed E-state index contributed by atoms with van der Waals surface area (Å²) in [4.78, 5) is 12.2. The Hall–Kier alpha value is -2.56. The maximum Gasteiger partial charge on any atom is 0.269 e. The van der Waals surface area contributed by atoms with Crippen LogP contribution in [0.5, 0.6) is 0 Å². The van der Waals surface area contributed by atoms with Crippen molar-refractivity contribution in [1.29, 1.82) is 0 Å². The van der Waals surface area contributed by atoms with Crippen LogP contribution < -0.4 is 16.2 Å². The lowest BCUT2D eigenvalue weighted by Crippen LogP contribution is -2.46. The molecule has 2 aromatic carbocycles. The first-order valence-corrected chi connectivity index (χ1v) is 9.66. The molecule has 0 atom stereocenters. The number of halogens is 1. The van der Waals surface area contributed by atoms with Gasteiger partial charge >= 0.3 is 0 Å². The van der Waals surface area contributed by atoms with Crippen LogP contribution in [0, 0.1) is 5.82 Å². The molecule has 0 radical (unpaired) electrons. The van der Waals surface area contributed by atoms with Crippen LogP contribution in [-0.4, -0.2) is 37.8 Å². The second kappa shape index (κ2) is 8.89. The number of rotatable bonds is 5. The van der Waals surface area contributed by atoms with E-state index in [4.69, 9.17) is 12.2 Å². The van der Waals surface area contributed by atoms with E-state index >= 15 is 0 Å².